The largest absolute Gasteiger partial charge is 0.367 e. The molecule has 1 saturated heterocycles. The van der Waals surface area contributed by atoms with Gasteiger partial charge in [0.1, 0.15) is 0 Å². The summed E-state index contributed by atoms with van der Waals surface area (Å²) < 4.78 is 24.1. The van der Waals surface area contributed by atoms with Crippen molar-refractivity contribution in [1.82, 2.24) is 0 Å². The number of anilines is 1. The van der Waals surface area contributed by atoms with Crippen molar-refractivity contribution in [3.63, 3.8) is 0 Å². The van der Waals surface area contributed by atoms with Gasteiger partial charge in [0.15, 0.2) is 9.84 Å². The first-order valence-electron chi connectivity index (χ1n) is 5.74. The SMILES string of the molecule is CC1CS(=O)(=O)CCN1c1ccc(CCl)c(Br)c1. The topological polar surface area (TPSA) is 37.4 Å². The highest BCUT2D eigenvalue weighted by atomic mass is 79.9. The number of hydrogen-bond acceptors (Lipinski definition) is 3. The fourth-order valence-corrected chi connectivity index (χ4v) is 4.66. The molecule has 18 heavy (non-hydrogen) atoms. The normalized spacial score (nSPS) is 23.1. The second-order valence-electron chi connectivity index (χ2n) is 4.57. The van der Waals surface area contributed by atoms with E-state index in [1.807, 2.05) is 25.1 Å². The van der Waals surface area contributed by atoms with E-state index in [2.05, 4.69) is 20.8 Å². The lowest BCUT2D eigenvalue weighted by Gasteiger charge is -2.35. The molecule has 0 N–H and O–H groups in total. The van der Waals surface area contributed by atoms with Gasteiger partial charge in [-0.15, -0.1) is 11.6 Å². The van der Waals surface area contributed by atoms with Gasteiger partial charge in [0.05, 0.1) is 11.5 Å². The van der Waals surface area contributed by atoms with Gasteiger partial charge in [-0.3, -0.25) is 0 Å². The molecule has 0 saturated carbocycles. The van der Waals surface area contributed by atoms with E-state index in [1.54, 1.807) is 0 Å². The Morgan fingerprint density at radius 1 is 1.50 bits per heavy atom. The Hall–Kier alpha value is -0.260. The minimum absolute atomic E-state index is 0.0116. The predicted octanol–water partition coefficient (Wildman–Crippen LogP) is 2.81. The Labute approximate surface area is 121 Å². The minimum Gasteiger partial charge on any atom is -0.367 e. The van der Waals surface area contributed by atoms with Gasteiger partial charge in [-0.2, -0.15) is 0 Å². The molecule has 1 fully saturated rings. The second kappa shape index (κ2) is 5.39. The molecule has 0 radical (unpaired) electrons. The number of alkyl halides is 1. The summed E-state index contributed by atoms with van der Waals surface area (Å²) in [6, 6.07) is 5.99. The van der Waals surface area contributed by atoms with E-state index in [-0.39, 0.29) is 17.5 Å². The van der Waals surface area contributed by atoms with Crippen LogP contribution in [0.1, 0.15) is 12.5 Å². The summed E-state index contributed by atoms with van der Waals surface area (Å²) >= 11 is 9.30. The van der Waals surface area contributed by atoms with Crippen molar-refractivity contribution in [1.29, 1.82) is 0 Å². The highest BCUT2D eigenvalue weighted by Crippen LogP contribution is 2.28. The van der Waals surface area contributed by atoms with Gasteiger partial charge in [0.25, 0.3) is 0 Å². The van der Waals surface area contributed by atoms with Crippen molar-refractivity contribution in [2.24, 2.45) is 0 Å². The van der Waals surface area contributed by atoms with Gasteiger partial charge >= 0.3 is 0 Å². The standard InChI is InChI=1S/C12H15BrClNO2S/c1-9-8-18(16,17)5-4-15(9)11-3-2-10(7-14)12(13)6-11/h2-3,6,9H,4-5,7-8H2,1H3. The van der Waals surface area contributed by atoms with Crippen LogP contribution >= 0.6 is 27.5 Å². The molecule has 1 aliphatic rings. The van der Waals surface area contributed by atoms with Crippen LogP contribution in [0, 0.1) is 0 Å². The van der Waals surface area contributed by atoms with E-state index in [4.69, 9.17) is 11.6 Å². The van der Waals surface area contributed by atoms with Crippen molar-refractivity contribution < 1.29 is 8.42 Å². The zero-order chi connectivity index (χ0) is 13.3. The number of benzene rings is 1. The van der Waals surface area contributed by atoms with Crippen molar-refractivity contribution in [2.75, 3.05) is 23.0 Å². The molecule has 1 aromatic rings. The summed E-state index contributed by atoms with van der Waals surface area (Å²) in [6.45, 7) is 2.50. The Kier molecular flexibility index (Phi) is 4.24. The first-order valence-corrected chi connectivity index (χ1v) is 8.89. The molecule has 2 rings (SSSR count). The number of sulfone groups is 1. The summed E-state index contributed by atoms with van der Waals surface area (Å²) in [5.41, 5.74) is 2.08. The maximum Gasteiger partial charge on any atom is 0.154 e. The maximum absolute atomic E-state index is 11.6. The molecule has 6 heteroatoms. The number of rotatable bonds is 2. The van der Waals surface area contributed by atoms with Gasteiger partial charge in [-0.25, -0.2) is 8.42 Å². The fourth-order valence-electron chi connectivity index (χ4n) is 2.21. The molecule has 1 heterocycles. The van der Waals surface area contributed by atoms with Gasteiger partial charge in [-0.05, 0) is 24.6 Å². The van der Waals surface area contributed by atoms with E-state index < -0.39 is 9.84 Å². The molecule has 1 aliphatic heterocycles. The summed E-state index contributed by atoms with van der Waals surface area (Å²) in [5.74, 6) is 0.916. The van der Waals surface area contributed by atoms with E-state index in [9.17, 15) is 8.42 Å². The monoisotopic (exact) mass is 351 g/mol. The van der Waals surface area contributed by atoms with Crippen LogP contribution in [0.5, 0.6) is 0 Å². The smallest absolute Gasteiger partial charge is 0.154 e. The van der Waals surface area contributed by atoms with Crippen LogP contribution in [0.25, 0.3) is 0 Å². The Morgan fingerprint density at radius 2 is 2.22 bits per heavy atom. The number of hydrogen-bond donors (Lipinski definition) is 0. The summed E-state index contributed by atoms with van der Waals surface area (Å²) in [6.07, 6.45) is 0. The van der Waals surface area contributed by atoms with Crippen LogP contribution in [0.15, 0.2) is 22.7 Å². The first kappa shape index (κ1) is 14.2. The van der Waals surface area contributed by atoms with Crippen molar-refractivity contribution in [2.45, 2.75) is 18.8 Å². The third-order valence-corrected chi connectivity index (χ3v) is 6.00. The molecule has 0 amide bonds. The van der Waals surface area contributed by atoms with Crippen LogP contribution in [-0.4, -0.2) is 32.5 Å². The van der Waals surface area contributed by atoms with Crippen molar-refractivity contribution >= 4 is 43.1 Å². The molecule has 1 unspecified atom stereocenters. The minimum atomic E-state index is -2.87. The highest BCUT2D eigenvalue weighted by Gasteiger charge is 2.28. The lowest BCUT2D eigenvalue weighted by molar-refractivity contribution is 0.568. The van der Waals surface area contributed by atoms with Gasteiger partial charge < -0.3 is 4.90 Å². The quantitative estimate of drug-likeness (QED) is 0.768. The first-order chi connectivity index (χ1) is 8.43. The van der Waals surface area contributed by atoms with Gasteiger partial charge in [-0.1, -0.05) is 22.0 Å². The molecular weight excluding hydrogens is 338 g/mol. The fraction of sp³-hybridized carbons (Fsp3) is 0.500. The highest BCUT2D eigenvalue weighted by molar-refractivity contribution is 9.10. The second-order valence-corrected chi connectivity index (χ2v) is 7.92. The molecular formula is C12H15BrClNO2S. The zero-order valence-electron chi connectivity index (χ0n) is 10.1. The average Bonchev–Trinajstić information content (AvgIpc) is 2.27. The summed E-state index contributed by atoms with van der Waals surface area (Å²) in [7, 11) is -2.87. The van der Waals surface area contributed by atoms with Crippen LogP contribution in [-0.2, 0) is 15.7 Å². The van der Waals surface area contributed by atoms with Crippen LogP contribution in [0.4, 0.5) is 5.69 Å². The van der Waals surface area contributed by atoms with Crippen LogP contribution < -0.4 is 4.90 Å². The van der Waals surface area contributed by atoms with E-state index in [0.29, 0.717) is 12.4 Å². The van der Waals surface area contributed by atoms with E-state index in [1.165, 1.54) is 0 Å². The van der Waals surface area contributed by atoms with E-state index in [0.717, 1.165) is 15.7 Å². The van der Waals surface area contributed by atoms with Gasteiger partial charge in [0.2, 0.25) is 0 Å². The maximum atomic E-state index is 11.6. The molecule has 0 bridgehead atoms. The van der Waals surface area contributed by atoms with Crippen LogP contribution in [0.3, 0.4) is 0 Å². The lowest BCUT2D eigenvalue weighted by atomic mass is 10.2. The Bertz CT molecular complexity index is 547. The molecule has 1 aromatic carbocycles. The Balaban J connectivity index is 2.25. The molecule has 0 aromatic heterocycles. The third kappa shape index (κ3) is 3.00. The van der Waals surface area contributed by atoms with E-state index >= 15 is 0 Å². The van der Waals surface area contributed by atoms with Crippen molar-refractivity contribution in [3.8, 4) is 0 Å². The molecule has 3 nitrogen and oxygen atoms in total. The predicted molar refractivity (Wildman–Crippen MR) is 79.2 cm³/mol. The summed E-state index contributed by atoms with van der Waals surface area (Å²) in [4.78, 5) is 2.13. The van der Waals surface area contributed by atoms with Crippen LogP contribution in [0.2, 0.25) is 0 Å². The molecule has 0 spiro atoms. The van der Waals surface area contributed by atoms with Crippen molar-refractivity contribution in [3.05, 3.63) is 28.2 Å². The zero-order valence-corrected chi connectivity index (χ0v) is 13.2. The third-order valence-electron chi connectivity index (χ3n) is 3.18. The number of halogens is 2. The lowest BCUT2D eigenvalue weighted by Crippen LogP contribution is -2.47. The molecule has 1 atom stereocenters. The average molecular weight is 353 g/mol. The molecule has 0 aliphatic carbocycles. The molecule has 100 valence electrons. The van der Waals surface area contributed by atoms with Gasteiger partial charge in [0, 0.05) is 28.6 Å². The summed E-state index contributed by atoms with van der Waals surface area (Å²) in [5, 5.41) is 0. The Morgan fingerprint density at radius 3 is 2.78 bits per heavy atom. The number of nitrogens with zero attached hydrogens (tertiary/aromatic N) is 1.